The van der Waals surface area contributed by atoms with Crippen molar-refractivity contribution in [3.8, 4) is 5.75 Å². The maximum Gasteiger partial charge on any atom is 0.325 e. The quantitative estimate of drug-likeness (QED) is 0.693. The molecule has 2 amide bonds. The third kappa shape index (κ3) is 6.37. The van der Waals surface area contributed by atoms with Crippen LogP contribution in [0.5, 0.6) is 5.75 Å². The summed E-state index contributed by atoms with van der Waals surface area (Å²) in [6.07, 6.45) is 0.786. The van der Waals surface area contributed by atoms with Gasteiger partial charge >= 0.3 is 5.97 Å². The van der Waals surface area contributed by atoms with Crippen molar-refractivity contribution in [3.05, 3.63) is 29.8 Å². The zero-order chi connectivity index (χ0) is 17.2. The van der Waals surface area contributed by atoms with Crippen LogP contribution in [0.15, 0.2) is 24.3 Å². The molecule has 1 aromatic rings. The molecule has 1 aromatic carbocycles. The molecule has 1 rings (SSSR count). The largest absolute Gasteiger partial charge is 0.496 e. The van der Waals surface area contributed by atoms with E-state index < -0.39 is 11.9 Å². The van der Waals surface area contributed by atoms with Crippen molar-refractivity contribution >= 4 is 17.8 Å². The van der Waals surface area contributed by atoms with Crippen molar-refractivity contribution in [1.29, 1.82) is 0 Å². The number of para-hydroxylation sites is 1. The van der Waals surface area contributed by atoms with Gasteiger partial charge in [0.15, 0.2) is 6.61 Å². The van der Waals surface area contributed by atoms with E-state index in [0.717, 1.165) is 6.42 Å². The molecule has 0 heterocycles. The molecule has 23 heavy (non-hydrogen) atoms. The average Bonchev–Trinajstić information content (AvgIpc) is 2.57. The number of hydrogen-bond acceptors (Lipinski definition) is 5. The monoisotopic (exact) mass is 322 g/mol. The molecule has 0 aromatic heterocycles. The highest BCUT2D eigenvalue weighted by Gasteiger charge is 2.14. The van der Waals surface area contributed by atoms with Crippen LogP contribution in [0.4, 0.5) is 0 Å². The van der Waals surface area contributed by atoms with Crippen LogP contribution in [-0.4, -0.2) is 44.1 Å². The summed E-state index contributed by atoms with van der Waals surface area (Å²) in [6, 6.07) is 6.67. The predicted octanol–water partition coefficient (Wildman–Crippen LogP) is 0.883. The van der Waals surface area contributed by atoms with Gasteiger partial charge in [-0.1, -0.05) is 19.1 Å². The fraction of sp³-hybridized carbons (Fsp3) is 0.438. The molecule has 0 aliphatic heterocycles. The first kappa shape index (κ1) is 18.5. The van der Waals surface area contributed by atoms with E-state index in [-0.39, 0.29) is 25.1 Å². The van der Waals surface area contributed by atoms with Crippen LogP contribution < -0.4 is 15.4 Å². The first-order valence-electron chi connectivity index (χ1n) is 7.34. The minimum absolute atomic E-state index is 0.0199. The number of amides is 2. The number of methoxy groups -OCH3 is 1. The van der Waals surface area contributed by atoms with E-state index in [4.69, 9.17) is 9.47 Å². The van der Waals surface area contributed by atoms with E-state index in [1.807, 2.05) is 13.8 Å². The Kier molecular flexibility index (Phi) is 7.59. The molecule has 0 aliphatic carbocycles. The van der Waals surface area contributed by atoms with Crippen molar-refractivity contribution in [2.45, 2.75) is 26.3 Å². The fourth-order valence-corrected chi connectivity index (χ4v) is 1.70. The Hall–Kier alpha value is -2.57. The van der Waals surface area contributed by atoms with E-state index in [9.17, 15) is 14.4 Å². The maximum absolute atomic E-state index is 12.0. The lowest BCUT2D eigenvalue weighted by atomic mass is 10.2. The average molecular weight is 322 g/mol. The Morgan fingerprint density at radius 1 is 1.22 bits per heavy atom. The van der Waals surface area contributed by atoms with Gasteiger partial charge in [0.1, 0.15) is 12.3 Å². The second-order valence-electron chi connectivity index (χ2n) is 4.92. The molecule has 0 aliphatic rings. The summed E-state index contributed by atoms with van der Waals surface area (Å²) in [7, 11) is 1.45. The van der Waals surface area contributed by atoms with Gasteiger partial charge < -0.3 is 20.1 Å². The number of nitrogens with one attached hydrogen (secondary N) is 2. The van der Waals surface area contributed by atoms with Gasteiger partial charge in [-0.05, 0) is 25.5 Å². The molecule has 0 radical (unpaired) electrons. The van der Waals surface area contributed by atoms with Crippen molar-refractivity contribution in [1.82, 2.24) is 10.6 Å². The Labute approximate surface area is 135 Å². The lowest BCUT2D eigenvalue weighted by Crippen LogP contribution is -2.37. The molecule has 0 fully saturated rings. The van der Waals surface area contributed by atoms with E-state index in [2.05, 4.69) is 10.6 Å². The van der Waals surface area contributed by atoms with Crippen LogP contribution in [0.1, 0.15) is 30.6 Å². The third-order valence-electron chi connectivity index (χ3n) is 3.13. The summed E-state index contributed by atoms with van der Waals surface area (Å²) in [6.45, 7) is 3.10. The van der Waals surface area contributed by atoms with E-state index in [0.29, 0.717) is 11.3 Å². The van der Waals surface area contributed by atoms with Gasteiger partial charge in [-0.25, -0.2) is 0 Å². The highest BCUT2D eigenvalue weighted by atomic mass is 16.5. The number of esters is 1. The fourth-order valence-electron chi connectivity index (χ4n) is 1.70. The zero-order valence-corrected chi connectivity index (χ0v) is 13.5. The van der Waals surface area contributed by atoms with Crippen molar-refractivity contribution < 1.29 is 23.9 Å². The lowest BCUT2D eigenvalue weighted by Gasteiger charge is -2.12. The van der Waals surface area contributed by atoms with Gasteiger partial charge in [0, 0.05) is 6.04 Å². The second kappa shape index (κ2) is 9.45. The Balaban J connectivity index is 2.38. The molecule has 0 spiro atoms. The van der Waals surface area contributed by atoms with Gasteiger partial charge in [0.25, 0.3) is 11.8 Å². The summed E-state index contributed by atoms with van der Waals surface area (Å²) in [5, 5.41) is 5.09. The molecule has 0 bridgehead atoms. The summed E-state index contributed by atoms with van der Waals surface area (Å²) < 4.78 is 9.86. The minimum Gasteiger partial charge on any atom is -0.496 e. The highest BCUT2D eigenvalue weighted by molar-refractivity contribution is 5.98. The summed E-state index contributed by atoms with van der Waals surface area (Å²) in [5.41, 5.74) is 0.317. The van der Waals surface area contributed by atoms with Crippen LogP contribution in [0.25, 0.3) is 0 Å². The van der Waals surface area contributed by atoms with Gasteiger partial charge in [0.05, 0.1) is 12.7 Å². The molecule has 7 nitrogen and oxygen atoms in total. The number of hydrogen-bond donors (Lipinski definition) is 2. The number of benzene rings is 1. The van der Waals surface area contributed by atoms with Crippen LogP contribution >= 0.6 is 0 Å². The van der Waals surface area contributed by atoms with Crippen LogP contribution in [-0.2, 0) is 14.3 Å². The van der Waals surface area contributed by atoms with Crippen LogP contribution in [0.2, 0.25) is 0 Å². The topological polar surface area (TPSA) is 93.7 Å². The Bertz CT molecular complexity index is 559. The van der Waals surface area contributed by atoms with Crippen molar-refractivity contribution in [2.24, 2.45) is 0 Å². The highest BCUT2D eigenvalue weighted by Crippen LogP contribution is 2.16. The molecule has 0 saturated carbocycles. The van der Waals surface area contributed by atoms with Gasteiger partial charge in [-0.2, -0.15) is 0 Å². The maximum atomic E-state index is 12.0. The first-order chi connectivity index (χ1) is 11.0. The van der Waals surface area contributed by atoms with Gasteiger partial charge in [-0.15, -0.1) is 0 Å². The summed E-state index contributed by atoms with van der Waals surface area (Å²) >= 11 is 0. The smallest absolute Gasteiger partial charge is 0.325 e. The van der Waals surface area contributed by atoms with Gasteiger partial charge in [-0.3, -0.25) is 14.4 Å². The normalized spacial score (nSPS) is 11.3. The minimum atomic E-state index is -0.687. The predicted molar refractivity (Wildman–Crippen MR) is 84.2 cm³/mol. The molecule has 0 saturated heterocycles. The molecule has 126 valence electrons. The molecule has 7 heteroatoms. The van der Waals surface area contributed by atoms with E-state index in [1.165, 1.54) is 7.11 Å². The molecular formula is C16H22N2O5. The third-order valence-corrected chi connectivity index (χ3v) is 3.13. The summed E-state index contributed by atoms with van der Waals surface area (Å²) in [5.74, 6) is -1.11. The van der Waals surface area contributed by atoms with Gasteiger partial charge in [0.2, 0.25) is 0 Å². The molecular weight excluding hydrogens is 300 g/mol. The number of carbonyl (C=O) groups excluding carboxylic acids is 3. The molecule has 1 atom stereocenters. The number of carbonyl (C=O) groups is 3. The van der Waals surface area contributed by atoms with Crippen molar-refractivity contribution in [3.63, 3.8) is 0 Å². The zero-order valence-electron chi connectivity index (χ0n) is 13.5. The number of rotatable bonds is 8. The standard InChI is InChI=1S/C16H22N2O5/c1-4-11(2)18-14(19)10-23-15(20)9-17-16(21)12-7-5-6-8-13(12)22-3/h5-8,11H,4,9-10H2,1-3H3,(H,17,21)(H,18,19)/t11-/m0/s1. The van der Waals surface area contributed by atoms with Crippen molar-refractivity contribution in [2.75, 3.05) is 20.3 Å². The summed E-state index contributed by atoms with van der Waals surface area (Å²) in [4.78, 5) is 35.0. The van der Waals surface area contributed by atoms with Crippen LogP contribution in [0.3, 0.4) is 0 Å². The lowest BCUT2D eigenvalue weighted by molar-refractivity contribution is -0.147. The van der Waals surface area contributed by atoms with Crippen LogP contribution in [0, 0.1) is 0 Å². The second-order valence-corrected chi connectivity index (χ2v) is 4.92. The number of ether oxygens (including phenoxy) is 2. The van der Waals surface area contributed by atoms with E-state index >= 15 is 0 Å². The Morgan fingerprint density at radius 3 is 2.57 bits per heavy atom. The SMILES string of the molecule is CC[C@H](C)NC(=O)COC(=O)CNC(=O)c1ccccc1OC. The Morgan fingerprint density at radius 2 is 1.91 bits per heavy atom. The molecule has 2 N–H and O–H groups in total. The van der Waals surface area contributed by atoms with E-state index in [1.54, 1.807) is 24.3 Å². The molecule has 0 unspecified atom stereocenters. The first-order valence-corrected chi connectivity index (χ1v) is 7.34.